The van der Waals surface area contributed by atoms with Gasteiger partial charge in [0.25, 0.3) is 0 Å². The Balaban J connectivity index is 2.12. The SMILES string of the molecule is CCC1CCC(C(=O)c2ccccc2C)C1. The van der Waals surface area contributed by atoms with Crippen LogP contribution in [0, 0.1) is 18.8 Å². The summed E-state index contributed by atoms with van der Waals surface area (Å²) < 4.78 is 0. The van der Waals surface area contributed by atoms with Gasteiger partial charge in [0.15, 0.2) is 5.78 Å². The van der Waals surface area contributed by atoms with Gasteiger partial charge in [0.05, 0.1) is 0 Å². The molecule has 0 bridgehead atoms. The molecule has 0 amide bonds. The first-order valence-electron chi connectivity index (χ1n) is 6.32. The molecule has 0 aliphatic heterocycles. The molecular weight excluding hydrogens is 196 g/mol. The van der Waals surface area contributed by atoms with Crippen LogP contribution in [0.1, 0.15) is 48.5 Å². The molecule has 1 fully saturated rings. The smallest absolute Gasteiger partial charge is 0.166 e. The molecule has 2 unspecified atom stereocenters. The van der Waals surface area contributed by atoms with Crippen molar-refractivity contribution in [2.75, 3.05) is 0 Å². The highest BCUT2D eigenvalue weighted by Crippen LogP contribution is 2.35. The van der Waals surface area contributed by atoms with Crippen LogP contribution >= 0.6 is 0 Å². The van der Waals surface area contributed by atoms with Gasteiger partial charge in [-0.3, -0.25) is 4.79 Å². The first-order chi connectivity index (χ1) is 7.72. The first-order valence-corrected chi connectivity index (χ1v) is 6.32. The maximum absolute atomic E-state index is 12.3. The van der Waals surface area contributed by atoms with Gasteiger partial charge in [0, 0.05) is 11.5 Å². The molecule has 1 aromatic carbocycles. The third kappa shape index (κ3) is 2.18. The van der Waals surface area contributed by atoms with E-state index in [1.165, 1.54) is 12.8 Å². The zero-order valence-electron chi connectivity index (χ0n) is 10.2. The van der Waals surface area contributed by atoms with Crippen molar-refractivity contribution in [1.29, 1.82) is 0 Å². The van der Waals surface area contributed by atoms with Crippen LogP contribution in [0.5, 0.6) is 0 Å². The lowest BCUT2D eigenvalue weighted by molar-refractivity contribution is 0.0919. The minimum atomic E-state index is 0.283. The lowest BCUT2D eigenvalue weighted by atomic mass is 9.92. The second-order valence-electron chi connectivity index (χ2n) is 4.96. The molecule has 16 heavy (non-hydrogen) atoms. The Labute approximate surface area is 97.9 Å². The van der Waals surface area contributed by atoms with E-state index in [4.69, 9.17) is 0 Å². The summed E-state index contributed by atoms with van der Waals surface area (Å²) in [6.07, 6.45) is 4.64. The Morgan fingerprint density at radius 1 is 1.31 bits per heavy atom. The van der Waals surface area contributed by atoms with Crippen LogP contribution in [0.2, 0.25) is 0 Å². The summed E-state index contributed by atoms with van der Waals surface area (Å²) in [5, 5.41) is 0. The molecule has 0 spiro atoms. The molecule has 1 aliphatic carbocycles. The van der Waals surface area contributed by atoms with Gasteiger partial charge in [-0.2, -0.15) is 0 Å². The van der Waals surface area contributed by atoms with Gasteiger partial charge in [-0.05, 0) is 37.7 Å². The van der Waals surface area contributed by atoms with Crippen LogP contribution in [0.15, 0.2) is 24.3 Å². The van der Waals surface area contributed by atoms with Crippen molar-refractivity contribution in [1.82, 2.24) is 0 Å². The second-order valence-corrected chi connectivity index (χ2v) is 4.96. The van der Waals surface area contributed by atoms with Crippen LogP contribution in [-0.2, 0) is 0 Å². The summed E-state index contributed by atoms with van der Waals surface area (Å²) in [7, 11) is 0. The fraction of sp³-hybridized carbons (Fsp3) is 0.533. The minimum absolute atomic E-state index is 0.283. The van der Waals surface area contributed by atoms with E-state index < -0.39 is 0 Å². The average Bonchev–Trinajstić information content (AvgIpc) is 2.77. The van der Waals surface area contributed by atoms with Gasteiger partial charge in [-0.25, -0.2) is 0 Å². The average molecular weight is 216 g/mol. The number of carbonyl (C=O) groups excluding carboxylic acids is 1. The molecule has 1 aliphatic rings. The fourth-order valence-electron chi connectivity index (χ4n) is 2.75. The Morgan fingerprint density at radius 2 is 2.06 bits per heavy atom. The van der Waals surface area contributed by atoms with E-state index in [0.717, 1.165) is 29.9 Å². The molecule has 2 rings (SSSR count). The van der Waals surface area contributed by atoms with Crippen molar-refractivity contribution in [3.63, 3.8) is 0 Å². The summed E-state index contributed by atoms with van der Waals surface area (Å²) in [6, 6.07) is 7.96. The van der Waals surface area contributed by atoms with Crippen LogP contribution < -0.4 is 0 Å². The van der Waals surface area contributed by atoms with Crippen LogP contribution in [0.4, 0.5) is 0 Å². The number of rotatable bonds is 3. The van der Waals surface area contributed by atoms with Crippen LogP contribution in [-0.4, -0.2) is 5.78 Å². The monoisotopic (exact) mass is 216 g/mol. The predicted molar refractivity (Wildman–Crippen MR) is 66.6 cm³/mol. The summed E-state index contributed by atoms with van der Waals surface area (Å²) >= 11 is 0. The largest absolute Gasteiger partial charge is 0.294 e. The predicted octanol–water partition coefficient (Wildman–Crippen LogP) is 4.00. The van der Waals surface area contributed by atoms with Gasteiger partial charge in [0.1, 0.15) is 0 Å². The number of carbonyl (C=O) groups is 1. The van der Waals surface area contributed by atoms with Crippen LogP contribution in [0.3, 0.4) is 0 Å². The zero-order chi connectivity index (χ0) is 11.5. The maximum atomic E-state index is 12.3. The summed E-state index contributed by atoms with van der Waals surface area (Å²) in [5.41, 5.74) is 2.05. The first kappa shape index (κ1) is 11.4. The van der Waals surface area contributed by atoms with E-state index in [9.17, 15) is 4.79 Å². The summed E-state index contributed by atoms with van der Waals surface area (Å²) in [5.74, 6) is 1.43. The van der Waals surface area contributed by atoms with Gasteiger partial charge in [0.2, 0.25) is 0 Å². The third-order valence-electron chi connectivity index (χ3n) is 3.90. The number of aryl methyl sites for hydroxylation is 1. The van der Waals surface area contributed by atoms with Crippen molar-refractivity contribution < 1.29 is 4.79 Å². The van der Waals surface area contributed by atoms with E-state index >= 15 is 0 Å². The van der Waals surface area contributed by atoms with Crippen molar-refractivity contribution in [2.45, 2.75) is 39.5 Å². The van der Waals surface area contributed by atoms with Crippen LogP contribution in [0.25, 0.3) is 0 Å². The number of ketones is 1. The van der Waals surface area contributed by atoms with E-state index in [1.54, 1.807) is 0 Å². The molecule has 1 heteroatoms. The van der Waals surface area contributed by atoms with E-state index in [-0.39, 0.29) is 5.92 Å². The highest BCUT2D eigenvalue weighted by Gasteiger charge is 2.29. The van der Waals surface area contributed by atoms with Crippen molar-refractivity contribution >= 4 is 5.78 Å². The lowest BCUT2D eigenvalue weighted by Gasteiger charge is -2.11. The van der Waals surface area contributed by atoms with Gasteiger partial charge in [-0.1, -0.05) is 37.6 Å². The lowest BCUT2D eigenvalue weighted by Crippen LogP contribution is -2.13. The standard InChI is InChI=1S/C15H20O/c1-3-12-8-9-13(10-12)15(16)14-7-5-4-6-11(14)2/h4-7,12-13H,3,8-10H2,1-2H3. The molecule has 1 nitrogen and oxygen atoms in total. The molecule has 1 saturated carbocycles. The molecule has 86 valence electrons. The normalized spacial score (nSPS) is 24.6. The third-order valence-corrected chi connectivity index (χ3v) is 3.90. The molecule has 1 aromatic rings. The molecule has 0 saturated heterocycles. The Hall–Kier alpha value is -1.11. The molecule has 2 atom stereocenters. The van der Waals surface area contributed by atoms with E-state index in [2.05, 4.69) is 6.92 Å². The summed E-state index contributed by atoms with van der Waals surface area (Å²) in [6.45, 7) is 4.25. The summed E-state index contributed by atoms with van der Waals surface area (Å²) in [4.78, 5) is 12.3. The van der Waals surface area contributed by atoms with Gasteiger partial charge >= 0.3 is 0 Å². The van der Waals surface area contributed by atoms with Crippen molar-refractivity contribution in [2.24, 2.45) is 11.8 Å². The van der Waals surface area contributed by atoms with E-state index in [0.29, 0.717) is 5.78 Å². The van der Waals surface area contributed by atoms with Gasteiger partial charge in [-0.15, -0.1) is 0 Å². The topological polar surface area (TPSA) is 17.1 Å². The molecule has 0 heterocycles. The Kier molecular flexibility index (Phi) is 3.42. The second kappa shape index (κ2) is 4.82. The molecule has 0 radical (unpaired) electrons. The number of hydrogen-bond acceptors (Lipinski definition) is 1. The Bertz CT molecular complexity index is 381. The highest BCUT2D eigenvalue weighted by atomic mass is 16.1. The number of Topliss-reactive ketones (excluding diaryl/α,β-unsaturated/α-hetero) is 1. The van der Waals surface area contributed by atoms with E-state index in [1.807, 2.05) is 31.2 Å². The minimum Gasteiger partial charge on any atom is -0.294 e. The number of benzene rings is 1. The maximum Gasteiger partial charge on any atom is 0.166 e. The number of hydrogen-bond donors (Lipinski definition) is 0. The molecule has 0 aromatic heterocycles. The van der Waals surface area contributed by atoms with Crippen molar-refractivity contribution in [3.05, 3.63) is 35.4 Å². The zero-order valence-corrected chi connectivity index (χ0v) is 10.2. The fourth-order valence-corrected chi connectivity index (χ4v) is 2.75. The highest BCUT2D eigenvalue weighted by molar-refractivity contribution is 5.99. The molecule has 0 N–H and O–H groups in total. The Morgan fingerprint density at radius 3 is 2.69 bits per heavy atom. The van der Waals surface area contributed by atoms with Gasteiger partial charge < -0.3 is 0 Å². The van der Waals surface area contributed by atoms with Crippen molar-refractivity contribution in [3.8, 4) is 0 Å². The molecular formula is C15H20O. The quantitative estimate of drug-likeness (QED) is 0.698.